The number of aliphatic imine (C=N–C) groups is 1. The highest BCUT2D eigenvalue weighted by Gasteiger charge is 2.05. The molecule has 1 aromatic heterocycles. The third kappa shape index (κ3) is 4.16. The molecular weight excluding hydrogens is 344 g/mol. The summed E-state index contributed by atoms with van der Waals surface area (Å²) in [4.78, 5) is 9.31. The maximum Gasteiger partial charge on any atom is 0.151 e. The Labute approximate surface area is 155 Å². The number of fused-ring (bicyclic) bond motifs is 1. The lowest BCUT2D eigenvalue weighted by Gasteiger charge is -1.97. The van der Waals surface area contributed by atoms with Gasteiger partial charge in [-0.2, -0.15) is 0 Å². The van der Waals surface area contributed by atoms with Crippen molar-refractivity contribution in [3.8, 4) is 0 Å². The highest BCUT2D eigenvalue weighted by atomic mass is 32.2. The van der Waals surface area contributed by atoms with Crippen LogP contribution in [0.25, 0.3) is 10.2 Å². The molecule has 0 atom stereocenters. The monoisotopic (exact) mass is 360 g/mol. The fourth-order valence-corrected chi connectivity index (χ4v) is 4.45. The van der Waals surface area contributed by atoms with E-state index in [1.54, 1.807) is 23.1 Å². The lowest BCUT2D eigenvalue weighted by molar-refractivity contribution is 1.29. The quantitative estimate of drug-likeness (QED) is 0.306. The van der Waals surface area contributed by atoms with Crippen LogP contribution in [0, 0.1) is 0 Å². The van der Waals surface area contributed by atoms with E-state index < -0.39 is 0 Å². The van der Waals surface area contributed by atoms with Crippen LogP contribution in [0.4, 0.5) is 5.69 Å². The average molecular weight is 361 g/mol. The van der Waals surface area contributed by atoms with Crippen LogP contribution in [0.1, 0.15) is 11.1 Å². The van der Waals surface area contributed by atoms with Crippen molar-refractivity contribution in [2.24, 2.45) is 4.99 Å². The van der Waals surface area contributed by atoms with Gasteiger partial charge in [0.1, 0.15) is 0 Å². The molecule has 0 unspecified atom stereocenters. The standard InChI is InChI=1S/C21H16N2S2/c1-3-7-16(8-4-1)14-22-18-11-12-20-19(13-18)23-21(25-20)24-15-17-9-5-2-6-10-17/h1-14H,15H2. The van der Waals surface area contributed by atoms with Crippen molar-refractivity contribution in [2.45, 2.75) is 10.1 Å². The van der Waals surface area contributed by atoms with Gasteiger partial charge in [-0.3, -0.25) is 4.99 Å². The first kappa shape index (κ1) is 16.1. The largest absolute Gasteiger partial charge is 0.256 e. The van der Waals surface area contributed by atoms with Crippen molar-refractivity contribution in [3.05, 3.63) is 90.0 Å². The van der Waals surface area contributed by atoms with Gasteiger partial charge in [-0.1, -0.05) is 72.4 Å². The number of rotatable bonds is 5. The highest BCUT2D eigenvalue weighted by molar-refractivity contribution is 8.00. The van der Waals surface area contributed by atoms with E-state index in [4.69, 9.17) is 4.98 Å². The fraction of sp³-hybridized carbons (Fsp3) is 0.0476. The zero-order chi connectivity index (χ0) is 16.9. The smallest absolute Gasteiger partial charge is 0.151 e. The van der Waals surface area contributed by atoms with E-state index in [-0.39, 0.29) is 0 Å². The minimum Gasteiger partial charge on any atom is -0.256 e. The van der Waals surface area contributed by atoms with Crippen LogP contribution in [-0.2, 0) is 5.75 Å². The van der Waals surface area contributed by atoms with Crippen molar-refractivity contribution in [1.82, 2.24) is 4.98 Å². The van der Waals surface area contributed by atoms with E-state index in [0.29, 0.717) is 0 Å². The second-order valence-electron chi connectivity index (χ2n) is 5.57. The van der Waals surface area contributed by atoms with E-state index in [9.17, 15) is 0 Å². The second kappa shape index (κ2) is 7.64. The van der Waals surface area contributed by atoms with Gasteiger partial charge in [-0.25, -0.2) is 4.98 Å². The molecule has 0 saturated heterocycles. The fourth-order valence-electron chi connectivity index (χ4n) is 2.44. The molecule has 0 N–H and O–H groups in total. The molecule has 4 aromatic rings. The van der Waals surface area contributed by atoms with Crippen LogP contribution >= 0.6 is 23.1 Å². The zero-order valence-corrected chi connectivity index (χ0v) is 15.1. The van der Waals surface area contributed by atoms with Gasteiger partial charge in [0.2, 0.25) is 0 Å². The number of hydrogen-bond acceptors (Lipinski definition) is 4. The number of hydrogen-bond donors (Lipinski definition) is 0. The molecule has 1 heterocycles. The zero-order valence-electron chi connectivity index (χ0n) is 13.5. The third-order valence-electron chi connectivity index (χ3n) is 3.72. The molecule has 2 nitrogen and oxygen atoms in total. The van der Waals surface area contributed by atoms with Gasteiger partial charge in [0.15, 0.2) is 4.34 Å². The summed E-state index contributed by atoms with van der Waals surface area (Å²) in [6, 6.07) is 26.8. The Morgan fingerprint density at radius 2 is 1.68 bits per heavy atom. The molecule has 0 saturated carbocycles. The summed E-state index contributed by atoms with van der Waals surface area (Å²) in [5.74, 6) is 0.944. The number of thioether (sulfide) groups is 1. The SMILES string of the molecule is C(=Nc1ccc2sc(SCc3ccccc3)nc2c1)c1ccccc1. The maximum atomic E-state index is 4.75. The first-order chi connectivity index (χ1) is 12.4. The van der Waals surface area contributed by atoms with Crippen LogP contribution in [0.2, 0.25) is 0 Å². The molecule has 0 aliphatic heterocycles. The van der Waals surface area contributed by atoms with Crippen LogP contribution in [0.15, 0.2) is 88.2 Å². The molecular formula is C21H16N2S2. The Bertz CT molecular complexity index is 992. The Morgan fingerprint density at radius 1 is 0.920 bits per heavy atom. The van der Waals surface area contributed by atoms with E-state index in [0.717, 1.165) is 26.9 Å². The molecule has 0 amide bonds. The molecule has 0 fully saturated rings. The molecule has 0 bridgehead atoms. The number of nitrogens with zero attached hydrogens (tertiary/aromatic N) is 2. The summed E-state index contributed by atoms with van der Waals surface area (Å²) in [6.45, 7) is 0. The molecule has 0 aliphatic carbocycles. The molecule has 0 radical (unpaired) electrons. The van der Waals surface area contributed by atoms with E-state index in [2.05, 4.69) is 41.4 Å². The van der Waals surface area contributed by atoms with E-state index in [1.807, 2.05) is 48.7 Å². The predicted molar refractivity (Wildman–Crippen MR) is 109 cm³/mol. The van der Waals surface area contributed by atoms with Crippen LogP contribution < -0.4 is 0 Å². The molecule has 4 rings (SSSR count). The van der Waals surface area contributed by atoms with E-state index >= 15 is 0 Å². The van der Waals surface area contributed by atoms with Crippen molar-refractivity contribution < 1.29 is 0 Å². The second-order valence-corrected chi connectivity index (χ2v) is 7.83. The lowest BCUT2D eigenvalue weighted by Crippen LogP contribution is -1.78. The highest BCUT2D eigenvalue weighted by Crippen LogP contribution is 2.33. The summed E-state index contributed by atoms with van der Waals surface area (Å²) < 4.78 is 2.30. The van der Waals surface area contributed by atoms with Crippen molar-refractivity contribution >= 4 is 45.2 Å². The van der Waals surface area contributed by atoms with Gasteiger partial charge in [-0.05, 0) is 29.3 Å². The van der Waals surface area contributed by atoms with Crippen molar-refractivity contribution in [3.63, 3.8) is 0 Å². The average Bonchev–Trinajstić information content (AvgIpc) is 3.08. The number of aromatic nitrogens is 1. The van der Waals surface area contributed by atoms with E-state index in [1.165, 1.54) is 10.3 Å². The van der Waals surface area contributed by atoms with Crippen molar-refractivity contribution in [2.75, 3.05) is 0 Å². The van der Waals surface area contributed by atoms with Gasteiger partial charge in [0.25, 0.3) is 0 Å². The number of benzene rings is 3. The minimum atomic E-state index is 0.932. The summed E-state index contributed by atoms with van der Waals surface area (Å²) in [6.07, 6.45) is 1.89. The first-order valence-corrected chi connectivity index (χ1v) is 9.83. The molecule has 0 aliphatic rings. The van der Waals surface area contributed by atoms with Gasteiger partial charge in [0.05, 0.1) is 15.9 Å². The normalized spacial score (nSPS) is 11.4. The van der Waals surface area contributed by atoms with Gasteiger partial charge in [0, 0.05) is 12.0 Å². The summed E-state index contributed by atoms with van der Waals surface area (Å²) in [5, 5.41) is 0. The maximum absolute atomic E-state index is 4.75. The summed E-state index contributed by atoms with van der Waals surface area (Å²) >= 11 is 3.52. The van der Waals surface area contributed by atoms with Crippen LogP contribution in [0.3, 0.4) is 0 Å². The Balaban J connectivity index is 1.50. The summed E-state index contributed by atoms with van der Waals surface area (Å²) in [5.41, 5.74) is 4.37. The first-order valence-electron chi connectivity index (χ1n) is 8.03. The topological polar surface area (TPSA) is 25.2 Å². The molecule has 4 heteroatoms. The minimum absolute atomic E-state index is 0.932. The van der Waals surface area contributed by atoms with Gasteiger partial charge >= 0.3 is 0 Å². The molecule has 0 spiro atoms. The van der Waals surface area contributed by atoms with Crippen LogP contribution in [0.5, 0.6) is 0 Å². The molecule has 25 heavy (non-hydrogen) atoms. The Kier molecular flexibility index (Phi) is 4.91. The van der Waals surface area contributed by atoms with Gasteiger partial charge < -0.3 is 0 Å². The summed E-state index contributed by atoms with van der Waals surface area (Å²) in [7, 11) is 0. The predicted octanol–water partition coefficient (Wildman–Crippen LogP) is 6.34. The number of thiazole rings is 1. The Morgan fingerprint density at radius 3 is 2.48 bits per heavy atom. The molecule has 122 valence electrons. The molecule has 3 aromatic carbocycles. The Hall–Kier alpha value is -2.43. The lowest BCUT2D eigenvalue weighted by atomic mass is 10.2. The van der Waals surface area contributed by atoms with Crippen LogP contribution in [-0.4, -0.2) is 11.2 Å². The van der Waals surface area contributed by atoms with Gasteiger partial charge in [-0.15, -0.1) is 11.3 Å². The third-order valence-corrected chi connectivity index (χ3v) is 5.97. The van der Waals surface area contributed by atoms with Crippen molar-refractivity contribution in [1.29, 1.82) is 0 Å².